The number of nitrogens with one attached hydrogen (secondary N) is 1. The molecule has 3 aromatic rings. The minimum absolute atomic E-state index is 0.0562. The molecule has 5 nitrogen and oxygen atoms in total. The zero-order chi connectivity index (χ0) is 13.6. The first kappa shape index (κ1) is 11.8. The quantitative estimate of drug-likeness (QED) is 0.672. The van der Waals surface area contributed by atoms with Gasteiger partial charge >= 0.3 is 0 Å². The first-order chi connectivity index (χ1) is 9.06. The maximum atomic E-state index is 13.8. The Morgan fingerprint density at radius 3 is 2.68 bits per heavy atom. The second kappa shape index (κ2) is 4.13. The van der Waals surface area contributed by atoms with Crippen LogP contribution in [0.2, 0.25) is 5.02 Å². The summed E-state index contributed by atoms with van der Waals surface area (Å²) in [7, 11) is 0. The number of aromatic amines is 1. The Balaban J connectivity index is 2.25. The lowest BCUT2D eigenvalue weighted by molar-refractivity contribution is 0.602. The van der Waals surface area contributed by atoms with Crippen LogP contribution in [0.4, 0.5) is 14.6 Å². The van der Waals surface area contributed by atoms with E-state index >= 15 is 0 Å². The number of rotatable bonds is 1. The van der Waals surface area contributed by atoms with E-state index in [4.69, 9.17) is 17.3 Å². The molecule has 0 amide bonds. The number of nitrogens with two attached hydrogens (primary N) is 1. The molecule has 0 saturated carbocycles. The van der Waals surface area contributed by atoms with E-state index in [1.165, 1.54) is 6.33 Å². The first-order valence-corrected chi connectivity index (χ1v) is 5.55. The SMILES string of the molecule is Nc1ncnc2nc(-c3cc(F)c(Cl)cc3F)[nH]c12. The summed E-state index contributed by atoms with van der Waals surface area (Å²) in [5, 5.41) is -0.295. The highest BCUT2D eigenvalue weighted by Gasteiger charge is 2.15. The van der Waals surface area contributed by atoms with Crippen LogP contribution >= 0.6 is 11.6 Å². The van der Waals surface area contributed by atoms with Crippen LogP contribution in [0.25, 0.3) is 22.6 Å². The molecule has 19 heavy (non-hydrogen) atoms. The van der Waals surface area contributed by atoms with Crippen LogP contribution in [-0.4, -0.2) is 19.9 Å². The molecule has 0 fully saturated rings. The molecule has 0 unspecified atom stereocenters. The Morgan fingerprint density at radius 1 is 1.16 bits per heavy atom. The zero-order valence-corrected chi connectivity index (χ0v) is 10.0. The van der Waals surface area contributed by atoms with Crippen molar-refractivity contribution in [3.05, 3.63) is 35.1 Å². The van der Waals surface area contributed by atoms with E-state index in [-0.39, 0.29) is 27.9 Å². The van der Waals surface area contributed by atoms with Gasteiger partial charge in [-0.15, -0.1) is 0 Å². The fourth-order valence-corrected chi connectivity index (χ4v) is 1.83. The summed E-state index contributed by atoms with van der Waals surface area (Å²) in [6.45, 7) is 0. The fraction of sp³-hybridized carbons (Fsp3) is 0. The molecule has 96 valence electrons. The van der Waals surface area contributed by atoms with Crippen molar-refractivity contribution in [3.63, 3.8) is 0 Å². The fourth-order valence-electron chi connectivity index (χ4n) is 1.68. The highest BCUT2D eigenvalue weighted by molar-refractivity contribution is 6.30. The number of nitrogens with zero attached hydrogens (tertiary/aromatic N) is 3. The third kappa shape index (κ3) is 1.88. The monoisotopic (exact) mass is 281 g/mol. The van der Waals surface area contributed by atoms with Gasteiger partial charge in [0.15, 0.2) is 11.5 Å². The number of fused-ring (bicyclic) bond motifs is 1. The number of nitrogen functional groups attached to an aromatic ring is 1. The van der Waals surface area contributed by atoms with Crippen molar-refractivity contribution in [3.8, 4) is 11.4 Å². The number of anilines is 1. The smallest absolute Gasteiger partial charge is 0.183 e. The predicted octanol–water partition coefficient (Wildman–Crippen LogP) is 2.53. The van der Waals surface area contributed by atoms with Gasteiger partial charge in [-0.2, -0.15) is 0 Å². The molecular formula is C11H6ClF2N5. The molecule has 3 rings (SSSR count). The Kier molecular flexibility index (Phi) is 2.56. The third-order valence-corrected chi connectivity index (χ3v) is 2.87. The van der Waals surface area contributed by atoms with Gasteiger partial charge in [-0.1, -0.05) is 11.6 Å². The van der Waals surface area contributed by atoms with Gasteiger partial charge in [0.25, 0.3) is 0 Å². The number of H-pyrrole nitrogens is 1. The maximum Gasteiger partial charge on any atom is 0.183 e. The third-order valence-electron chi connectivity index (χ3n) is 2.58. The van der Waals surface area contributed by atoms with Crippen molar-refractivity contribution in [2.75, 3.05) is 5.73 Å². The van der Waals surface area contributed by atoms with Crippen LogP contribution in [-0.2, 0) is 0 Å². The number of imidazole rings is 1. The van der Waals surface area contributed by atoms with Crippen molar-refractivity contribution in [1.82, 2.24) is 19.9 Å². The first-order valence-electron chi connectivity index (χ1n) is 5.17. The highest BCUT2D eigenvalue weighted by atomic mass is 35.5. The molecule has 0 aliphatic heterocycles. The number of benzene rings is 1. The second-order valence-electron chi connectivity index (χ2n) is 3.79. The van der Waals surface area contributed by atoms with Gasteiger partial charge in [0.1, 0.15) is 29.3 Å². The van der Waals surface area contributed by atoms with E-state index < -0.39 is 11.6 Å². The number of aromatic nitrogens is 4. The van der Waals surface area contributed by atoms with Gasteiger partial charge in [0.05, 0.1) is 10.6 Å². The summed E-state index contributed by atoms with van der Waals surface area (Å²) in [6, 6.07) is 1.84. The van der Waals surface area contributed by atoms with Crippen LogP contribution in [0.1, 0.15) is 0 Å². The average molecular weight is 282 g/mol. The van der Waals surface area contributed by atoms with Crippen LogP contribution in [0, 0.1) is 11.6 Å². The zero-order valence-electron chi connectivity index (χ0n) is 9.28. The maximum absolute atomic E-state index is 13.8. The topological polar surface area (TPSA) is 80.5 Å². The summed E-state index contributed by atoms with van der Waals surface area (Å²) in [5.41, 5.74) is 6.22. The number of halogens is 3. The molecule has 0 radical (unpaired) electrons. The lowest BCUT2D eigenvalue weighted by Gasteiger charge is -2.01. The van der Waals surface area contributed by atoms with Crippen molar-refractivity contribution >= 4 is 28.6 Å². The molecule has 2 heterocycles. The summed E-state index contributed by atoms with van der Waals surface area (Å²) in [5.74, 6) is -1.15. The van der Waals surface area contributed by atoms with Gasteiger partial charge in [-0.05, 0) is 12.1 Å². The number of hydrogen-bond acceptors (Lipinski definition) is 4. The molecule has 0 saturated heterocycles. The molecule has 2 aromatic heterocycles. The van der Waals surface area contributed by atoms with Crippen LogP contribution in [0.15, 0.2) is 18.5 Å². The van der Waals surface area contributed by atoms with Crippen LogP contribution < -0.4 is 5.73 Å². The molecule has 0 aliphatic rings. The lowest BCUT2D eigenvalue weighted by Crippen LogP contribution is -1.92. The van der Waals surface area contributed by atoms with Crippen LogP contribution in [0.5, 0.6) is 0 Å². The normalized spacial score (nSPS) is 11.1. The summed E-state index contributed by atoms with van der Waals surface area (Å²) in [4.78, 5) is 14.5. The van der Waals surface area contributed by atoms with E-state index in [1.807, 2.05) is 0 Å². The van der Waals surface area contributed by atoms with Gasteiger partial charge in [-0.3, -0.25) is 0 Å². The van der Waals surface area contributed by atoms with Gasteiger partial charge in [0, 0.05) is 0 Å². The Bertz CT molecular complexity index is 786. The Morgan fingerprint density at radius 2 is 1.95 bits per heavy atom. The minimum Gasteiger partial charge on any atom is -0.382 e. The Labute approximate surface area is 110 Å². The molecule has 0 aliphatic carbocycles. The molecule has 3 N–H and O–H groups in total. The van der Waals surface area contributed by atoms with Crippen molar-refractivity contribution in [2.45, 2.75) is 0 Å². The molecule has 8 heteroatoms. The summed E-state index contributed by atoms with van der Waals surface area (Å²) in [6.07, 6.45) is 1.24. The standard InChI is InChI=1S/C11H6ClF2N5/c12-5-2-6(13)4(1-7(5)14)10-18-8-9(15)16-3-17-11(8)19-10/h1-3H,(H3,15,16,17,18,19). The van der Waals surface area contributed by atoms with Gasteiger partial charge < -0.3 is 10.7 Å². The number of hydrogen-bond donors (Lipinski definition) is 2. The largest absolute Gasteiger partial charge is 0.382 e. The van der Waals surface area contributed by atoms with E-state index in [9.17, 15) is 8.78 Å². The summed E-state index contributed by atoms with van der Waals surface area (Å²) >= 11 is 5.49. The van der Waals surface area contributed by atoms with E-state index in [2.05, 4.69) is 19.9 Å². The average Bonchev–Trinajstić information content (AvgIpc) is 2.79. The molecule has 0 spiro atoms. The van der Waals surface area contributed by atoms with Crippen molar-refractivity contribution in [1.29, 1.82) is 0 Å². The van der Waals surface area contributed by atoms with Gasteiger partial charge in [-0.25, -0.2) is 23.7 Å². The molecule has 1 aromatic carbocycles. The lowest BCUT2D eigenvalue weighted by atomic mass is 10.2. The highest BCUT2D eigenvalue weighted by Crippen LogP contribution is 2.27. The minimum atomic E-state index is -0.738. The van der Waals surface area contributed by atoms with E-state index in [1.54, 1.807) is 0 Å². The van der Waals surface area contributed by atoms with Gasteiger partial charge in [0.2, 0.25) is 0 Å². The van der Waals surface area contributed by atoms with Crippen molar-refractivity contribution in [2.24, 2.45) is 0 Å². The Hall–Kier alpha value is -2.28. The predicted molar refractivity (Wildman–Crippen MR) is 66.5 cm³/mol. The molecule has 0 bridgehead atoms. The van der Waals surface area contributed by atoms with Crippen LogP contribution in [0.3, 0.4) is 0 Å². The van der Waals surface area contributed by atoms with E-state index in [0.29, 0.717) is 5.52 Å². The molecule has 0 atom stereocenters. The second-order valence-corrected chi connectivity index (χ2v) is 4.20. The van der Waals surface area contributed by atoms with E-state index in [0.717, 1.165) is 12.1 Å². The summed E-state index contributed by atoms with van der Waals surface area (Å²) < 4.78 is 27.2. The van der Waals surface area contributed by atoms with Crippen molar-refractivity contribution < 1.29 is 8.78 Å². The molecular weight excluding hydrogens is 276 g/mol.